The Labute approximate surface area is 104 Å². The number of aryl methyl sites for hydroxylation is 1. The van der Waals surface area contributed by atoms with Crippen molar-refractivity contribution < 1.29 is 22.8 Å². The number of carboxylic acid groups (broad SMARTS) is 1. The fourth-order valence-electron chi connectivity index (χ4n) is 1.90. The van der Waals surface area contributed by atoms with Crippen LogP contribution < -0.4 is 4.72 Å². The highest BCUT2D eigenvalue weighted by molar-refractivity contribution is 7.88. The number of carboxylic acids is 1. The molecule has 1 aromatic rings. The van der Waals surface area contributed by atoms with E-state index in [2.05, 4.69) is 9.88 Å². The minimum Gasteiger partial charge on any atom is -0.480 e. The highest BCUT2D eigenvalue weighted by Crippen LogP contribution is 2.33. The first-order chi connectivity index (χ1) is 8.33. The zero-order valence-electron chi connectivity index (χ0n) is 9.84. The molecule has 7 nitrogen and oxygen atoms in total. The lowest BCUT2D eigenvalue weighted by Crippen LogP contribution is -2.59. The van der Waals surface area contributed by atoms with E-state index in [9.17, 15) is 13.2 Å². The summed E-state index contributed by atoms with van der Waals surface area (Å²) in [5, 5.41) is 12.6. The van der Waals surface area contributed by atoms with Gasteiger partial charge in [0.25, 0.3) is 0 Å². The average Bonchev–Trinajstić information content (AvgIpc) is 2.56. The summed E-state index contributed by atoms with van der Waals surface area (Å²) < 4.78 is 30.8. The van der Waals surface area contributed by atoms with Gasteiger partial charge in [-0.15, -0.1) is 0 Å². The number of sulfonamides is 1. The first kappa shape index (κ1) is 13.0. The lowest BCUT2D eigenvalue weighted by Gasteiger charge is -2.37. The van der Waals surface area contributed by atoms with Gasteiger partial charge in [-0.05, 0) is 26.2 Å². The number of nitrogens with zero attached hydrogens (tertiary/aromatic N) is 1. The normalized spacial score (nSPS) is 18.3. The number of hydrogen-bond donors (Lipinski definition) is 2. The molecule has 0 saturated heterocycles. The summed E-state index contributed by atoms with van der Waals surface area (Å²) in [6.07, 6.45) is 1.34. The van der Waals surface area contributed by atoms with Crippen LogP contribution in [0.1, 0.15) is 30.7 Å². The van der Waals surface area contributed by atoms with Crippen LogP contribution in [0.2, 0.25) is 0 Å². The van der Waals surface area contributed by atoms with Crippen LogP contribution in [0.5, 0.6) is 0 Å². The number of nitrogens with one attached hydrogen (secondary N) is 1. The van der Waals surface area contributed by atoms with E-state index >= 15 is 0 Å². The van der Waals surface area contributed by atoms with Crippen molar-refractivity contribution in [3.63, 3.8) is 0 Å². The molecule has 1 fully saturated rings. The van der Waals surface area contributed by atoms with Gasteiger partial charge in [0.15, 0.2) is 0 Å². The maximum atomic E-state index is 11.9. The van der Waals surface area contributed by atoms with E-state index in [1.165, 1.54) is 6.07 Å². The van der Waals surface area contributed by atoms with Gasteiger partial charge in [-0.25, -0.2) is 8.42 Å². The van der Waals surface area contributed by atoms with Crippen LogP contribution >= 0.6 is 0 Å². The molecule has 0 amide bonds. The highest BCUT2D eigenvalue weighted by Gasteiger charge is 2.47. The van der Waals surface area contributed by atoms with E-state index in [4.69, 9.17) is 9.63 Å². The predicted octanol–water partition coefficient (Wildman–Crippen LogP) is 0.410. The van der Waals surface area contributed by atoms with Crippen molar-refractivity contribution in [3.8, 4) is 0 Å². The van der Waals surface area contributed by atoms with Crippen LogP contribution in [0.25, 0.3) is 0 Å². The van der Waals surface area contributed by atoms with E-state index in [0.717, 1.165) is 0 Å². The summed E-state index contributed by atoms with van der Waals surface area (Å²) in [6.45, 7) is 1.65. The summed E-state index contributed by atoms with van der Waals surface area (Å²) in [7, 11) is -3.74. The Bertz CT molecular complexity index is 559. The molecule has 0 radical (unpaired) electrons. The van der Waals surface area contributed by atoms with Crippen LogP contribution in [-0.4, -0.2) is 30.2 Å². The smallest absolute Gasteiger partial charge is 0.324 e. The summed E-state index contributed by atoms with van der Waals surface area (Å²) in [5.74, 6) is -0.996. The molecule has 1 aliphatic carbocycles. The predicted molar refractivity (Wildman–Crippen MR) is 61.2 cm³/mol. The Morgan fingerprint density at radius 1 is 1.61 bits per heavy atom. The molecule has 8 heteroatoms. The standard InChI is InChI=1S/C10H14N2O5S/c1-7-5-8(11-17-7)6-18(15,16)12-10(9(13)14)3-2-4-10/h5,12H,2-4,6H2,1H3,(H,13,14). The molecule has 0 bridgehead atoms. The van der Waals surface area contributed by atoms with Crippen molar-refractivity contribution in [2.24, 2.45) is 0 Å². The molecule has 0 atom stereocenters. The van der Waals surface area contributed by atoms with Gasteiger partial charge in [0.2, 0.25) is 10.0 Å². The van der Waals surface area contributed by atoms with Gasteiger partial charge in [0.1, 0.15) is 22.7 Å². The van der Waals surface area contributed by atoms with Gasteiger partial charge in [0.05, 0.1) is 0 Å². The quantitative estimate of drug-likeness (QED) is 0.804. The van der Waals surface area contributed by atoms with E-state index in [1.807, 2.05) is 0 Å². The molecule has 1 heterocycles. The number of aromatic nitrogens is 1. The molecular formula is C10H14N2O5S. The third-order valence-corrected chi connectivity index (χ3v) is 4.36. The van der Waals surface area contributed by atoms with Crippen LogP contribution in [0.3, 0.4) is 0 Å². The Morgan fingerprint density at radius 3 is 2.67 bits per heavy atom. The monoisotopic (exact) mass is 274 g/mol. The van der Waals surface area contributed by atoms with Crippen molar-refractivity contribution in [3.05, 3.63) is 17.5 Å². The molecule has 1 aromatic heterocycles. The largest absolute Gasteiger partial charge is 0.480 e. The summed E-state index contributed by atoms with van der Waals surface area (Å²) >= 11 is 0. The molecule has 0 unspecified atom stereocenters. The van der Waals surface area contributed by atoms with E-state index < -0.39 is 21.5 Å². The molecule has 0 aliphatic heterocycles. The van der Waals surface area contributed by atoms with Crippen LogP contribution in [0, 0.1) is 6.92 Å². The minimum absolute atomic E-state index is 0.264. The number of carbonyl (C=O) groups is 1. The maximum Gasteiger partial charge on any atom is 0.324 e. The fraction of sp³-hybridized carbons (Fsp3) is 0.600. The molecule has 18 heavy (non-hydrogen) atoms. The van der Waals surface area contributed by atoms with Gasteiger partial charge >= 0.3 is 5.97 Å². The fourth-order valence-corrected chi connectivity index (χ4v) is 3.39. The molecule has 2 N–H and O–H groups in total. The van der Waals surface area contributed by atoms with Crippen LogP contribution in [0.15, 0.2) is 10.6 Å². The third kappa shape index (κ3) is 2.54. The zero-order chi connectivity index (χ0) is 13.4. The molecule has 0 aromatic carbocycles. The molecule has 1 aliphatic rings. The lowest BCUT2D eigenvalue weighted by molar-refractivity contribution is -0.147. The Morgan fingerprint density at radius 2 is 2.28 bits per heavy atom. The second kappa shape index (κ2) is 4.36. The SMILES string of the molecule is Cc1cc(CS(=O)(=O)NC2(C(=O)O)CCC2)no1. The molecular weight excluding hydrogens is 260 g/mol. The van der Waals surface area contributed by atoms with E-state index in [-0.39, 0.29) is 11.4 Å². The van der Waals surface area contributed by atoms with Crippen LogP contribution in [0.4, 0.5) is 0 Å². The Hall–Kier alpha value is -1.41. The third-order valence-electron chi connectivity index (χ3n) is 2.98. The molecule has 100 valence electrons. The molecule has 2 rings (SSSR count). The van der Waals surface area contributed by atoms with Gasteiger partial charge in [-0.1, -0.05) is 5.16 Å². The second-order valence-electron chi connectivity index (χ2n) is 4.53. The van der Waals surface area contributed by atoms with Crippen molar-refractivity contribution in [1.82, 2.24) is 9.88 Å². The van der Waals surface area contributed by atoms with Crippen molar-refractivity contribution in [1.29, 1.82) is 0 Å². The molecule has 1 saturated carbocycles. The second-order valence-corrected chi connectivity index (χ2v) is 6.25. The van der Waals surface area contributed by atoms with E-state index in [1.54, 1.807) is 6.92 Å². The van der Waals surface area contributed by atoms with Crippen LogP contribution in [-0.2, 0) is 20.6 Å². The maximum absolute atomic E-state index is 11.9. The first-order valence-corrected chi connectivity index (χ1v) is 7.15. The van der Waals surface area contributed by atoms with Gasteiger partial charge in [-0.3, -0.25) is 4.79 Å². The zero-order valence-corrected chi connectivity index (χ0v) is 10.7. The number of aliphatic carboxylic acids is 1. The average molecular weight is 274 g/mol. The Kier molecular flexibility index (Phi) is 3.16. The minimum atomic E-state index is -3.74. The first-order valence-electron chi connectivity index (χ1n) is 5.50. The number of rotatable bonds is 5. The topological polar surface area (TPSA) is 110 Å². The van der Waals surface area contributed by atoms with Crippen molar-refractivity contribution in [2.45, 2.75) is 37.5 Å². The summed E-state index contributed by atoms with van der Waals surface area (Å²) in [6, 6.07) is 1.51. The van der Waals surface area contributed by atoms with Gasteiger partial charge in [-0.2, -0.15) is 4.72 Å². The summed E-state index contributed by atoms with van der Waals surface area (Å²) in [5.41, 5.74) is -1.07. The highest BCUT2D eigenvalue weighted by atomic mass is 32.2. The van der Waals surface area contributed by atoms with Gasteiger partial charge in [0, 0.05) is 6.07 Å². The number of hydrogen-bond acceptors (Lipinski definition) is 5. The lowest BCUT2D eigenvalue weighted by atomic mass is 9.78. The van der Waals surface area contributed by atoms with Crippen molar-refractivity contribution in [2.75, 3.05) is 0 Å². The summed E-state index contributed by atoms with van der Waals surface area (Å²) in [4.78, 5) is 11.1. The molecule has 0 spiro atoms. The van der Waals surface area contributed by atoms with Crippen molar-refractivity contribution >= 4 is 16.0 Å². The van der Waals surface area contributed by atoms with E-state index in [0.29, 0.717) is 25.0 Å². The van der Waals surface area contributed by atoms with Gasteiger partial charge < -0.3 is 9.63 Å². The Balaban J connectivity index is 2.10.